The molecule has 0 saturated heterocycles. The van der Waals surface area contributed by atoms with Crippen molar-refractivity contribution in [3.05, 3.63) is 37.9 Å². The van der Waals surface area contributed by atoms with Gasteiger partial charge in [-0.15, -0.1) is 11.8 Å². The zero-order valence-corrected chi connectivity index (χ0v) is 12.2. The molecule has 0 fully saturated rings. The van der Waals surface area contributed by atoms with Crippen LogP contribution in [0.3, 0.4) is 0 Å². The van der Waals surface area contributed by atoms with Gasteiger partial charge in [0.15, 0.2) is 4.90 Å². The van der Waals surface area contributed by atoms with E-state index in [1.54, 1.807) is 6.26 Å². The average molecular weight is 342 g/mol. The van der Waals surface area contributed by atoms with E-state index < -0.39 is 33.0 Å². The number of hydrogen-bond acceptors (Lipinski definition) is 6. The maximum atomic E-state index is 12.7. The van der Waals surface area contributed by atoms with Crippen molar-refractivity contribution in [1.29, 1.82) is 0 Å². The number of nitro benzene ring substituents is 2. The van der Waals surface area contributed by atoms with E-state index in [0.717, 1.165) is 11.8 Å². The second-order valence-electron chi connectivity index (χ2n) is 3.70. The van der Waals surface area contributed by atoms with Crippen LogP contribution in [-0.2, 0) is 6.18 Å². The first-order valence-corrected chi connectivity index (χ1v) is 7.72. The third-order valence-corrected chi connectivity index (χ3v) is 4.29. The van der Waals surface area contributed by atoms with E-state index in [-0.39, 0.29) is 4.90 Å². The van der Waals surface area contributed by atoms with Crippen LogP contribution in [0.4, 0.5) is 24.5 Å². The van der Waals surface area contributed by atoms with Crippen LogP contribution < -0.4 is 0 Å². The van der Waals surface area contributed by atoms with Crippen molar-refractivity contribution in [2.75, 3.05) is 17.8 Å². The molecule has 0 unspecified atom stereocenters. The summed E-state index contributed by atoms with van der Waals surface area (Å²) in [5.74, 6) is 0.869. The first kappa shape index (κ1) is 17.6. The Labute approximate surface area is 125 Å². The Morgan fingerprint density at radius 1 is 1.10 bits per heavy atom. The van der Waals surface area contributed by atoms with Crippen LogP contribution in [0.1, 0.15) is 5.56 Å². The summed E-state index contributed by atoms with van der Waals surface area (Å²) >= 11 is 2.22. The molecule has 0 N–H and O–H groups in total. The zero-order valence-electron chi connectivity index (χ0n) is 10.5. The van der Waals surface area contributed by atoms with E-state index in [4.69, 9.17) is 0 Å². The molecule has 0 radical (unpaired) electrons. The summed E-state index contributed by atoms with van der Waals surface area (Å²) in [6, 6.07) is 0.656. The predicted octanol–water partition coefficient (Wildman–Crippen LogP) is 3.98. The molecule has 0 atom stereocenters. The van der Waals surface area contributed by atoms with E-state index in [2.05, 4.69) is 0 Å². The van der Waals surface area contributed by atoms with Gasteiger partial charge >= 0.3 is 6.18 Å². The Balaban J connectivity index is 3.44. The summed E-state index contributed by atoms with van der Waals surface area (Å²) in [6.07, 6.45) is -3.12. The van der Waals surface area contributed by atoms with E-state index in [1.165, 1.54) is 11.8 Å². The van der Waals surface area contributed by atoms with Gasteiger partial charge in [0.2, 0.25) is 0 Å². The quantitative estimate of drug-likeness (QED) is 0.336. The lowest BCUT2D eigenvalue weighted by molar-refractivity contribution is -0.400. The van der Waals surface area contributed by atoms with Gasteiger partial charge in [-0.3, -0.25) is 20.2 Å². The molecule has 0 aliphatic heterocycles. The summed E-state index contributed by atoms with van der Waals surface area (Å²) in [5.41, 5.74) is -3.21. The monoisotopic (exact) mass is 342 g/mol. The van der Waals surface area contributed by atoms with E-state index in [0.29, 0.717) is 23.6 Å². The van der Waals surface area contributed by atoms with Crippen LogP contribution in [0.25, 0.3) is 0 Å². The first-order valence-electron chi connectivity index (χ1n) is 5.34. The highest BCUT2D eigenvalue weighted by Gasteiger charge is 2.37. The Morgan fingerprint density at radius 2 is 1.57 bits per heavy atom. The van der Waals surface area contributed by atoms with Crippen molar-refractivity contribution in [3.8, 4) is 0 Å². The van der Waals surface area contributed by atoms with Crippen LogP contribution >= 0.6 is 23.5 Å². The van der Waals surface area contributed by atoms with Crippen molar-refractivity contribution in [2.24, 2.45) is 0 Å². The molecule has 0 aliphatic carbocycles. The van der Waals surface area contributed by atoms with Gasteiger partial charge in [-0.25, -0.2) is 0 Å². The first-order chi connectivity index (χ1) is 9.68. The number of alkyl halides is 3. The van der Waals surface area contributed by atoms with Gasteiger partial charge in [-0.05, 0) is 6.26 Å². The van der Waals surface area contributed by atoms with Gasteiger partial charge in [-0.1, -0.05) is 0 Å². The topological polar surface area (TPSA) is 86.3 Å². The Bertz CT molecular complexity index is 531. The number of nitrogens with zero attached hydrogens (tertiary/aromatic N) is 2. The van der Waals surface area contributed by atoms with Gasteiger partial charge in [0.1, 0.15) is 0 Å². The van der Waals surface area contributed by atoms with Gasteiger partial charge < -0.3 is 0 Å². The maximum absolute atomic E-state index is 12.7. The molecule has 0 amide bonds. The summed E-state index contributed by atoms with van der Waals surface area (Å²) in [4.78, 5) is 19.4. The highest BCUT2D eigenvalue weighted by Crippen LogP contribution is 2.42. The molecule has 11 heteroatoms. The lowest BCUT2D eigenvalue weighted by Crippen LogP contribution is -2.08. The molecule has 0 aliphatic rings. The van der Waals surface area contributed by atoms with Crippen LogP contribution in [0.5, 0.6) is 0 Å². The van der Waals surface area contributed by atoms with Crippen molar-refractivity contribution >= 4 is 34.9 Å². The average Bonchev–Trinajstić information content (AvgIpc) is 2.36. The third-order valence-electron chi connectivity index (χ3n) is 2.30. The molecule has 0 aromatic heterocycles. The molecule has 6 nitrogen and oxygen atoms in total. The second kappa shape index (κ2) is 6.98. The summed E-state index contributed by atoms with van der Waals surface area (Å²) < 4.78 is 38.0. The van der Waals surface area contributed by atoms with E-state index in [1.807, 2.05) is 0 Å². The number of nitro groups is 2. The van der Waals surface area contributed by atoms with Crippen LogP contribution in [-0.4, -0.2) is 27.6 Å². The molecule has 1 aromatic rings. The SMILES string of the molecule is CSCCSc1c([N+](=O)[O-])cc(C(F)(F)F)cc1[N+](=O)[O-]. The minimum absolute atomic E-state index is 0.314. The molecule has 1 rings (SSSR count). The van der Waals surface area contributed by atoms with E-state index >= 15 is 0 Å². The number of benzene rings is 1. The van der Waals surface area contributed by atoms with Gasteiger partial charge in [0.25, 0.3) is 11.4 Å². The fourth-order valence-electron chi connectivity index (χ4n) is 1.41. The molecule has 21 heavy (non-hydrogen) atoms. The highest BCUT2D eigenvalue weighted by atomic mass is 32.2. The number of rotatable bonds is 6. The molecule has 116 valence electrons. The number of halogens is 3. The summed E-state index contributed by atoms with van der Waals surface area (Å²) in [5, 5.41) is 21.8. The van der Waals surface area contributed by atoms with Crippen molar-refractivity contribution in [3.63, 3.8) is 0 Å². The van der Waals surface area contributed by atoms with Crippen molar-refractivity contribution in [1.82, 2.24) is 0 Å². The molecule has 1 aromatic carbocycles. The molecule has 0 spiro atoms. The maximum Gasteiger partial charge on any atom is 0.416 e. The fraction of sp³-hybridized carbons (Fsp3) is 0.400. The Kier molecular flexibility index (Phi) is 5.84. The normalized spacial score (nSPS) is 11.4. The number of hydrogen-bond donors (Lipinski definition) is 0. The van der Waals surface area contributed by atoms with Crippen molar-refractivity contribution < 1.29 is 23.0 Å². The summed E-state index contributed by atoms with van der Waals surface area (Å²) in [6.45, 7) is 0. The van der Waals surface area contributed by atoms with Crippen LogP contribution in [0.2, 0.25) is 0 Å². The summed E-state index contributed by atoms with van der Waals surface area (Å²) in [7, 11) is 0. The third kappa shape index (κ3) is 4.49. The standard InChI is InChI=1S/C10H9F3N2O4S2/c1-20-2-3-21-9-7(14(16)17)4-6(10(11,12)13)5-8(9)15(18)19/h4-5H,2-3H2,1H3. The minimum Gasteiger partial charge on any atom is -0.258 e. The lowest BCUT2D eigenvalue weighted by Gasteiger charge is -2.09. The number of thioether (sulfide) groups is 2. The molecular formula is C10H9F3N2O4S2. The largest absolute Gasteiger partial charge is 0.416 e. The van der Waals surface area contributed by atoms with E-state index in [9.17, 15) is 33.4 Å². The van der Waals surface area contributed by atoms with Crippen molar-refractivity contribution in [2.45, 2.75) is 11.1 Å². The zero-order chi connectivity index (χ0) is 16.2. The Hall–Kier alpha value is -1.49. The smallest absolute Gasteiger partial charge is 0.258 e. The molecule has 0 bridgehead atoms. The molecule has 0 saturated carbocycles. The highest BCUT2D eigenvalue weighted by molar-refractivity contribution is 8.02. The molecular weight excluding hydrogens is 333 g/mol. The minimum atomic E-state index is -4.89. The van der Waals surface area contributed by atoms with Crippen LogP contribution in [0, 0.1) is 20.2 Å². The van der Waals surface area contributed by atoms with Gasteiger partial charge in [0.05, 0.1) is 15.4 Å². The lowest BCUT2D eigenvalue weighted by atomic mass is 10.1. The second-order valence-corrected chi connectivity index (χ2v) is 5.79. The predicted molar refractivity (Wildman–Crippen MR) is 73.9 cm³/mol. The van der Waals surface area contributed by atoms with Gasteiger partial charge in [0, 0.05) is 23.6 Å². The van der Waals surface area contributed by atoms with Crippen LogP contribution in [0.15, 0.2) is 17.0 Å². The van der Waals surface area contributed by atoms with Gasteiger partial charge in [-0.2, -0.15) is 24.9 Å². The molecule has 0 heterocycles. The Morgan fingerprint density at radius 3 is 1.90 bits per heavy atom. The fourth-order valence-corrected chi connectivity index (χ4v) is 3.18.